The Labute approximate surface area is 881 Å². The van der Waals surface area contributed by atoms with Crippen molar-refractivity contribution in [2.45, 2.75) is 70.6 Å². The maximum absolute atomic E-state index is 6.71. The summed E-state index contributed by atoms with van der Waals surface area (Å²) in [6.07, 6.45) is 0. The van der Waals surface area contributed by atoms with E-state index >= 15 is 0 Å². The van der Waals surface area contributed by atoms with Crippen molar-refractivity contribution in [2.75, 3.05) is 56.9 Å². The third kappa shape index (κ3) is 23.6. The van der Waals surface area contributed by atoms with Crippen LogP contribution in [0.3, 0.4) is 0 Å². The summed E-state index contributed by atoms with van der Waals surface area (Å²) in [5.41, 5.74) is 4.79. The van der Waals surface area contributed by atoms with E-state index in [9.17, 15) is 0 Å². The van der Waals surface area contributed by atoms with Gasteiger partial charge in [-0.2, -0.15) is 0 Å². The molecule has 12 aromatic rings. The summed E-state index contributed by atoms with van der Waals surface area (Å²) < 4.78 is 49.2. The van der Waals surface area contributed by atoms with Gasteiger partial charge < -0.3 is 37.9 Å². The lowest BCUT2D eigenvalue weighted by Gasteiger charge is -2.43. The third-order valence-electron chi connectivity index (χ3n) is 21.9. The minimum Gasteiger partial charge on any atom is -0.357 e. The number of ether oxygens (including phenoxy) is 8. The van der Waals surface area contributed by atoms with Gasteiger partial charge in [0.05, 0.1) is 0 Å². The van der Waals surface area contributed by atoms with Crippen LogP contribution in [-0.4, -0.2) is 103 Å². The van der Waals surface area contributed by atoms with Gasteiger partial charge in [0, 0.05) is 146 Å². The van der Waals surface area contributed by atoms with E-state index in [1.165, 1.54) is 0 Å². The molecule has 0 amide bonds. The molecule has 692 valence electrons. The summed E-state index contributed by atoms with van der Waals surface area (Å²) in [6, 6.07) is 85.9. The smallest absolute Gasteiger partial charge is 0.180 e. The Bertz CT molecular complexity index is 5470. The van der Waals surface area contributed by atoms with Crippen LogP contribution in [0.25, 0.3) is 0 Å². The van der Waals surface area contributed by atoms with Crippen LogP contribution in [0.5, 0.6) is 0 Å². The van der Waals surface area contributed by atoms with Gasteiger partial charge in [-0.1, -0.05) is 475 Å². The Hall–Kier alpha value is -8.26. The van der Waals surface area contributed by atoms with Crippen LogP contribution >= 0.6 is 209 Å². The molecule has 0 saturated carbocycles. The number of benzene rings is 8. The van der Waals surface area contributed by atoms with E-state index in [1.54, 1.807) is 56.9 Å². The Balaban J connectivity index is 0.000000665. The Kier molecular flexibility index (Phi) is 39.2. The van der Waals surface area contributed by atoms with E-state index in [0.717, 1.165) is 89.0 Å². The molecule has 4 aliphatic carbocycles. The quantitative estimate of drug-likeness (QED) is 0.106. The zero-order chi connectivity index (χ0) is 98.2. The predicted molar refractivity (Wildman–Crippen MR) is 554 cm³/mol. The molecule has 5 heterocycles. The molecule has 0 atom stereocenters. The highest BCUT2D eigenvalue weighted by atomic mass is 35.6. The molecule has 30 heteroatoms. The van der Waals surface area contributed by atoms with Crippen LogP contribution in [0, 0.1) is 94.7 Å². The number of hydrogen-bond donors (Lipinski definition) is 0. The minimum atomic E-state index is -1.33. The van der Waals surface area contributed by atoms with Crippen molar-refractivity contribution in [3.8, 4) is 94.7 Å². The van der Waals surface area contributed by atoms with Gasteiger partial charge in [-0.15, -0.1) is 0 Å². The summed E-state index contributed by atoms with van der Waals surface area (Å²) in [5.74, 6) is 56.1. The van der Waals surface area contributed by atoms with Crippen LogP contribution in [0.1, 0.15) is 135 Å². The number of alkyl halides is 18. The lowest BCUT2D eigenvalue weighted by atomic mass is 9.67. The molecule has 4 aromatic heterocycles. The highest BCUT2D eigenvalue weighted by Gasteiger charge is 2.55. The molecule has 0 N–H and O–H groups in total. The van der Waals surface area contributed by atoms with E-state index in [2.05, 4.69) is 94.7 Å². The second-order valence-corrected chi connectivity index (χ2v) is 40.4. The van der Waals surface area contributed by atoms with Crippen LogP contribution < -0.4 is 0 Å². The van der Waals surface area contributed by atoms with Gasteiger partial charge in [-0.3, -0.25) is 0 Å². The molecular formula is C106H74Cl18N4O8. The van der Waals surface area contributed by atoms with Crippen LogP contribution in [0.2, 0.25) is 0 Å². The highest BCUT2D eigenvalue weighted by molar-refractivity contribution is 6.65. The molecule has 0 spiro atoms. The van der Waals surface area contributed by atoms with E-state index in [4.69, 9.17) is 267 Å². The fraction of sp³-hybridized carbons (Fsp3) is 0.208. The SMILES string of the molecule is COC12C#Cc3cccc(n3)C#CC3(OC)c4ccccc4C(OC)(C#Cc4cccc(n4)C#CC4(OC)c5ccccc5C(OC)(C#Cc5cccc(n5)C#CC5(OC)c6ccccc6C(OC)(C#Cc6cccc(n6)C#CC(OC)(c6ccccc61)c1ccccc12)c1ccccc15)c1ccccc14)c1ccccc13.ClC(Cl)Cl.ClC(Cl)Cl.ClC(Cl)Cl.ClC(Cl)Cl.ClC(Cl)Cl.ClC(Cl)Cl. The number of halogens is 18. The van der Waals surface area contributed by atoms with Gasteiger partial charge in [-0.05, 0) is 95.9 Å². The van der Waals surface area contributed by atoms with Gasteiger partial charge in [0.1, 0.15) is 45.6 Å². The summed E-state index contributed by atoms with van der Waals surface area (Å²) in [4.78, 5) is 20.3. The highest BCUT2D eigenvalue weighted by Crippen LogP contribution is 2.56. The molecule has 17 rings (SSSR count). The van der Waals surface area contributed by atoms with Crippen molar-refractivity contribution in [1.82, 2.24) is 19.9 Å². The second-order valence-electron chi connectivity index (χ2n) is 28.6. The Morgan fingerprint density at radius 3 is 0.309 bits per heavy atom. The average Bonchev–Trinajstić information content (AvgIpc) is 0.717. The van der Waals surface area contributed by atoms with Crippen LogP contribution in [-0.2, 0) is 82.7 Å². The molecule has 16 bridgehead atoms. The number of rotatable bonds is 8. The maximum atomic E-state index is 6.71. The van der Waals surface area contributed by atoms with Crippen molar-refractivity contribution < 1.29 is 37.9 Å². The van der Waals surface area contributed by atoms with Crippen molar-refractivity contribution in [1.29, 1.82) is 0 Å². The van der Waals surface area contributed by atoms with Gasteiger partial charge in [0.15, 0.2) is 70.6 Å². The summed E-state index contributed by atoms with van der Waals surface area (Å²) >= 11 is 86.5. The first-order chi connectivity index (χ1) is 65.3. The van der Waals surface area contributed by atoms with E-state index in [0.29, 0.717) is 45.6 Å². The Morgan fingerprint density at radius 1 is 0.154 bits per heavy atom. The van der Waals surface area contributed by atoms with E-state index in [-0.39, 0.29) is 0 Å². The number of fused-ring (bicyclic) bond motifs is 20. The molecule has 5 aliphatic rings. The molecule has 0 radical (unpaired) electrons. The molecule has 0 saturated heterocycles. The molecule has 136 heavy (non-hydrogen) atoms. The van der Waals surface area contributed by atoms with Crippen molar-refractivity contribution in [3.05, 3.63) is 401 Å². The second kappa shape index (κ2) is 49.2. The molecule has 8 aromatic carbocycles. The van der Waals surface area contributed by atoms with Gasteiger partial charge in [-0.25, -0.2) is 19.9 Å². The number of pyridine rings is 4. The lowest BCUT2D eigenvalue weighted by molar-refractivity contribution is 0.0329. The summed E-state index contributed by atoms with van der Waals surface area (Å²) in [7, 11) is 13.3. The third-order valence-corrected chi connectivity index (χ3v) is 21.9. The fourth-order valence-electron chi connectivity index (χ4n) is 16.7. The topological polar surface area (TPSA) is 125 Å². The molecule has 12 nitrogen and oxygen atoms in total. The van der Waals surface area contributed by atoms with Crippen LogP contribution in [0.4, 0.5) is 0 Å². The van der Waals surface area contributed by atoms with Gasteiger partial charge >= 0.3 is 0 Å². The first kappa shape index (κ1) is 108. The zero-order valence-corrected chi connectivity index (χ0v) is 86.3. The monoisotopic (exact) mass is 2160 g/mol. The van der Waals surface area contributed by atoms with E-state index < -0.39 is 70.6 Å². The van der Waals surface area contributed by atoms with Crippen molar-refractivity contribution in [2.24, 2.45) is 0 Å². The van der Waals surface area contributed by atoms with Gasteiger partial charge in [0.25, 0.3) is 0 Å². The lowest BCUT2D eigenvalue weighted by Crippen LogP contribution is -2.43. The standard InChI is InChI=1S/C100H68N4O8.6CHCl3/c1-105-93-61-53-69-29-25-30-70(101-69)55-63-95(107-3)81-41-13-15-43-83(81)97(109-5,84-44-16-14-42-82(84)95)65-57-73-33-27-34-74(103-73)59-67-99(111-7)89-49-21-23-51-91(89)100(112-8,92-52-24-22-50-90(92)99)68-60-76-36-28-35-75(104-76)58-66-98(110-6)87-47-19-17-45-85(87)96(108-4,86-46-18-20-48-88(86)98)64-56-72-32-26-31-71(102-72)54-62-94(106-2,79-39-11-9-37-77(79)93)80-40-12-10-38-78(80)93;6*2-1(3)4/h9-52H,1-8H3;6*1H. The first-order valence-electron chi connectivity index (χ1n) is 40.2. The largest absolute Gasteiger partial charge is 0.357 e. The maximum Gasteiger partial charge on any atom is 0.180 e. The Morgan fingerprint density at radius 2 is 0.235 bits per heavy atom. The molecule has 1 aliphatic heterocycles. The van der Waals surface area contributed by atoms with Crippen LogP contribution in [0.15, 0.2) is 267 Å². The molecule has 0 fully saturated rings. The summed E-state index contributed by atoms with van der Waals surface area (Å²) in [5, 5.41) is 0. The fourth-order valence-corrected chi connectivity index (χ4v) is 16.7. The minimum absolute atomic E-state index is 0.455. The molecular weight excluding hydrogens is 2100 g/mol. The van der Waals surface area contributed by atoms with Gasteiger partial charge in [0.2, 0.25) is 0 Å². The zero-order valence-electron chi connectivity index (χ0n) is 72.7. The van der Waals surface area contributed by atoms with Crippen molar-refractivity contribution in [3.63, 3.8) is 0 Å². The number of methoxy groups -OCH3 is 8. The average molecular weight is 2170 g/mol. The van der Waals surface area contributed by atoms with Crippen molar-refractivity contribution >= 4 is 209 Å². The van der Waals surface area contributed by atoms with E-state index in [1.807, 2.05) is 267 Å². The predicted octanol–water partition coefficient (Wildman–Crippen LogP) is 26.3. The first-order valence-corrected chi connectivity index (χ1v) is 48.1. The molecule has 0 unspecified atom stereocenters. The number of hydrogen-bond acceptors (Lipinski definition) is 12. The number of aromatic nitrogens is 4. The summed E-state index contributed by atoms with van der Waals surface area (Å²) in [6.45, 7) is 0. The normalized spacial score (nSPS) is 20.7. The number of nitrogens with zero attached hydrogens (tertiary/aromatic N) is 4.